The van der Waals surface area contributed by atoms with E-state index in [-0.39, 0.29) is 18.1 Å². The summed E-state index contributed by atoms with van der Waals surface area (Å²) in [5.74, 6) is 1.33. The van der Waals surface area contributed by atoms with E-state index in [2.05, 4.69) is 22.3 Å². The van der Waals surface area contributed by atoms with Gasteiger partial charge in [-0.05, 0) is 48.9 Å². The summed E-state index contributed by atoms with van der Waals surface area (Å²) in [5.41, 5.74) is 1.35. The summed E-state index contributed by atoms with van der Waals surface area (Å²) < 4.78 is 17.6. The standard InChI is InChI=1S/C24H24N4O5S/c1-4-5-21-27-28-22(29)13-17(26-24(28)34-21)14-33-18-9-7-16(8-10-18)25-23(30)15-6-11-19(31-2)20(12-15)32-3/h6-13H,4-5,14H2,1-3H3,(H,25,30). The van der Waals surface area contributed by atoms with Crippen LogP contribution in [0, 0.1) is 0 Å². The maximum Gasteiger partial charge on any atom is 0.275 e. The fraction of sp³-hybridized carbons (Fsp3) is 0.250. The van der Waals surface area contributed by atoms with Crippen molar-refractivity contribution in [3.63, 3.8) is 0 Å². The fourth-order valence-electron chi connectivity index (χ4n) is 3.26. The molecule has 10 heteroatoms. The van der Waals surface area contributed by atoms with Crippen LogP contribution in [0.3, 0.4) is 0 Å². The molecule has 0 aliphatic heterocycles. The van der Waals surface area contributed by atoms with Crippen LogP contribution in [0.4, 0.5) is 5.69 Å². The average molecular weight is 481 g/mol. The molecule has 0 aliphatic rings. The number of aryl methyl sites for hydroxylation is 1. The molecule has 0 unspecified atom stereocenters. The van der Waals surface area contributed by atoms with Crippen LogP contribution in [0.5, 0.6) is 17.2 Å². The molecule has 4 rings (SSSR count). The predicted molar refractivity (Wildman–Crippen MR) is 129 cm³/mol. The molecule has 0 bridgehead atoms. The molecule has 2 aromatic carbocycles. The van der Waals surface area contributed by atoms with Crippen LogP contribution in [-0.2, 0) is 13.0 Å². The van der Waals surface area contributed by atoms with Crippen LogP contribution in [0.25, 0.3) is 4.96 Å². The Hall–Kier alpha value is -3.92. The van der Waals surface area contributed by atoms with Crippen LogP contribution in [-0.4, -0.2) is 34.7 Å². The van der Waals surface area contributed by atoms with E-state index in [1.54, 1.807) is 42.5 Å². The summed E-state index contributed by atoms with van der Waals surface area (Å²) in [7, 11) is 3.06. The molecule has 0 fully saturated rings. The van der Waals surface area contributed by atoms with Crippen molar-refractivity contribution >= 4 is 27.9 Å². The van der Waals surface area contributed by atoms with Gasteiger partial charge in [-0.1, -0.05) is 18.3 Å². The van der Waals surface area contributed by atoms with Crippen molar-refractivity contribution in [2.45, 2.75) is 26.4 Å². The van der Waals surface area contributed by atoms with E-state index >= 15 is 0 Å². The topological polar surface area (TPSA) is 104 Å². The van der Waals surface area contributed by atoms with Gasteiger partial charge < -0.3 is 19.5 Å². The Kier molecular flexibility index (Phi) is 7.07. The van der Waals surface area contributed by atoms with Gasteiger partial charge in [-0.15, -0.1) is 0 Å². The van der Waals surface area contributed by atoms with Gasteiger partial charge >= 0.3 is 0 Å². The summed E-state index contributed by atoms with van der Waals surface area (Å²) in [4.78, 5) is 29.9. The number of carbonyl (C=O) groups excluding carboxylic acids is 1. The van der Waals surface area contributed by atoms with E-state index in [0.717, 1.165) is 17.8 Å². The summed E-state index contributed by atoms with van der Waals surface area (Å²) in [5, 5.41) is 8.03. The SMILES string of the molecule is CCCc1nn2c(=O)cc(COc3ccc(NC(=O)c4ccc(OC)c(OC)c4)cc3)nc2s1. The lowest BCUT2D eigenvalue weighted by molar-refractivity contribution is 0.102. The molecule has 2 aromatic heterocycles. The quantitative estimate of drug-likeness (QED) is 0.387. The molecule has 0 saturated carbocycles. The van der Waals surface area contributed by atoms with Crippen molar-refractivity contribution in [2.75, 3.05) is 19.5 Å². The maximum atomic E-state index is 12.6. The largest absolute Gasteiger partial charge is 0.493 e. The summed E-state index contributed by atoms with van der Waals surface area (Å²) in [6.45, 7) is 2.21. The van der Waals surface area contributed by atoms with E-state index in [1.165, 1.54) is 36.1 Å². The van der Waals surface area contributed by atoms with Crippen LogP contribution >= 0.6 is 11.3 Å². The average Bonchev–Trinajstić information content (AvgIpc) is 3.26. The third-order valence-electron chi connectivity index (χ3n) is 4.95. The van der Waals surface area contributed by atoms with E-state index in [1.807, 2.05) is 0 Å². The van der Waals surface area contributed by atoms with Crippen LogP contribution in [0.1, 0.15) is 34.4 Å². The number of hydrogen-bond acceptors (Lipinski definition) is 8. The number of hydrogen-bond donors (Lipinski definition) is 1. The minimum atomic E-state index is -0.278. The zero-order valence-corrected chi connectivity index (χ0v) is 19.8. The third kappa shape index (κ3) is 5.18. The number of benzene rings is 2. The number of ether oxygens (including phenoxy) is 3. The highest BCUT2D eigenvalue weighted by Gasteiger charge is 2.12. The lowest BCUT2D eigenvalue weighted by Gasteiger charge is -2.11. The van der Waals surface area contributed by atoms with Crippen molar-refractivity contribution in [3.8, 4) is 17.2 Å². The smallest absolute Gasteiger partial charge is 0.275 e. The zero-order valence-electron chi connectivity index (χ0n) is 19.0. The number of amides is 1. The molecule has 0 radical (unpaired) electrons. The number of rotatable bonds is 9. The van der Waals surface area contributed by atoms with Gasteiger partial charge in [0.1, 0.15) is 17.4 Å². The highest BCUT2D eigenvalue weighted by molar-refractivity contribution is 7.16. The van der Waals surface area contributed by atoms with E-state index in [4.69, 9.17) is 14.2 Å². The molecular weight excluding hydrogens is 456 g/mol. The zero-order chi connectivity index (χ0) is 24.1. The van der Waals surface area contributed by atoms with Gasteiger partial charge in [0.05, 0.1) is 19.9 Å². The molecule has 176 valence electrons. The second-order valence-electron chi connectivity index (χ2n) is 7.36. The van der Waals surface area contributed by atoms with Gasteiger partial charge in [-0.25, -0.2) is 4.98 Å². The monoisotopic (exact) mass is 480 g/mol. The normalized spacial score (nSPS) is 10.8. The van der Waals surface area contributed by atoms with Crippen molar-refractivity contribution in [1.29, 1.82) is 0 Å². The first-order chi connectivity index (χ1) is 16.5. The number of methoxy groups -OCH3 is 2. The minimum absolute atomic E-state index is 0.143. The Bertz CT molecular complexity index is 1360. The molecule has 0 spiro atoms. The highest BCUT2D eigenvalue weighted by Crippen LogP contribution is 2.28. The van der Waals surface area contributed by atoms with Crippen LogP contribution in [0.15, 0.2) is 53.3 Å². The number of nitrogens with zero attached hydrogens (tertiary/aromatic N) is 3. The maximum absolute atomic E-state index is 12.6. The summed E-state index contributed by atoms with van der Waals surface area (Å²) in [6.07, 6.45) is 1.77. The number of nitrogens with one attached hydrogen (secondary N) is 1. The number of carbonyl (C=O) groups is 1. The van der Waals surface area contributed by atoms with Crippen molar-refractivity contribution < 1.29 is 19.0 Å². The summed E-state index contributed by atoms with van der Waals surface area (Å²) >= 11 is 1.41. The van der Waals surface area contributed by atoms with Gasteiger partial charge in [0.15, 0.2) is 11.5 Å². The molecule has 9 nitrogen and oxygen atoms in total. The lowest BCUT2D eigenvalue weighted by Crippen LogP contribution is -2.16. The second-order valence-corrected chi connectivity index (χ2v) is 8.40. The molecule has 4 aromatic rings. The molecule has 0 saturated heterocycles. The van der Waals surface area contributed by atoms with Gasteiger partial charge in [-0.2, -0.15) is 9.61 Å². The fourth-order valence-corrected chi connectivity index (χ4v) is 4.28. The first-order valence-electron chi connectivity index (χ1n) is 10.7. The Labute approximate surface area is 199 Å². The Balaban J connectivity index is 1.39. The predicted octanol–water partition coefficient (Wildman–Crippen LogP) is 3.95. The first kappa shape index (κ1) is 23.2. The molecule has 1 N–H and O–H groups in total. The number of aromatic nitrogens is 3. The lowest BCUT2D eigenvalue weighted by atomic mass is 10.2. The van der Waals surface area contributed by atoms with Crippen molar-refractivity contribution in [1.82, 2.24) is 14.6 Å². The Morgan fingerprint density at radius 2 is 1.82 bits per heavy atom. The molecule has 0 aliphatic carbocycles. The number of anilines is 1. The van der Waals surface area contributed by atoms with Crippen molar-refractivity contribution in [2.24, 2.45) is 0 Å². The van der Waals surface area contributed by atoms with Gasteiger partial charge in [-0.3, -0.25) is 9.59 Å². The second kappa shape index (κ2) is 10.3. The van der Waals surface area contributed by atoms with E-state index < -0.39 is 0 Å². The van der Waals surface area contributed by atoms with E-state index in [9.17, 15) is 9.59 Å². The molecule has 2 heterocycles. The number of fused-ring (bicyclic) bond motifs is 1. The highest BCUT2D eigenvalue weighted by atomic mass is 32.1. The first-order valence-corrected chi connectivity index (χ1v) is 11.5. The van der Waals surface area contributed by atoms with Crippen LogP contribution < -0.4 is 25.1 Å². The Morgan fingerprint density at radius 1 is 1.06 bits per heavy atom. The van der Waals surface area contributed by atoms with E-state index in [0.29, 0.717) is 39.2 Å². The van der Waals surface area contributed by atoms with Gasteiger partial charge in [0.25, 0.3) is 11.5 Å². The molecule has 0 atom stereocenters. The van der Waals surface area contributed by atoms with Gasteiger partial charge in [0, 0.05) is 23.7 Å². The van der Waals surface area contributed by atoms with Gasteiger partial charge in [0.2, 0.25) is 4.96 Å². The molecule has 1 amide bonds. The third-order valence-corrected chi connectivity index (χ3v) is 5.92. The Morgan fingerprint density at radius 3 is 2.53 bits per heavy atom. The van der Waals surface area contributed by atoms with Crippen molar-refractivity contribution in [3.05, 3.63) is 75.1 Å². The summed E-state index contributed by atoms with van der Waals surface area (Å²) in [6, 6.07) is 13.3. The minimum Gasteiger partial charge on any atom is -0.493 e. The molecule has 34 heavy (non-hydrogen) atoms. The van der Waals surface area contributed by atoms with Crippen LogP contribution in [0.2, 0.25) is 0 Å². The molecular formula is C24H24N4O5S.